The van der Waals surface area contributed by atoms with Gasteiger partial charge in [-0.15, -0.1) is 0 Å². The second-order valence-corrected chi connectivity index (χ2v) is 5.27. The van der Waals surface area contributed by atoms with E-state index in [1.54, 1.807) is 12.4 Å². The predicted octanol–water partition coefficient (Wildman–Crippen LogP) is 4.34. The number of H-pyrrole nitrogens is 1. The number of rotatable bonds is 2. The summed E-state index contributed by atoms with van der Waals surface area (Å²) in [5, 5.41) is 0.642. The zero-order chi connectivity index (χ0) is 14.9. The number of aromatic nitrogens is 4. The normalized spacial score (nSPS) is 11.0. The first-order valence-electron chi connectivity index (χ1n) is 6.83. The fourth-order valence-corrected chi connectivity index (χ4v) is 2.60. The number of aromatic amines is 1. The number of imidazole rings is 1. The molecular weight excluding hydrogens is 296 g/mol. The van der Waals surface area contributed by atoms with E-state index in [1.807, 2.05) is 48.5 Å². The van der Waals surface area contributed by atoms with Gasteiger partial charge in [0, 0.05) is 23.5 Å². The highest BCUT2D eigenvalue weighted by Crippen LogP contribution is 2.27. The number of hydrogen-bond donors (Lipinski definition) is 1. The van der Waals surface area contributed by atoms with Gasteiger partial charge in [0.1, 0.15) is 11.3 Å². The largest absolute Gasteiger partial charge is 0.323 e. The molecule has 3 heterocycles. The maximum absolute atomic E-state index is 6.18. The molecule has 4 rings (SSSR count). The summed E-state index contributed by atoms with van der Waals surface area (Å²) in [5.74, 6) is 0.798. The van der Waals surface area contributed by atoms with Crippen LogP contribution in [-0.2, 0) is 0 Å². The fourth-order valence-electron chi connectivity index (χ4n) is 2.36. The third-order valence-electron chi connectivity index (χ3n) is 3.45. The lowest BCUT2D eigenvalue weighted by molar-refractivity contribution is 1.30. The monoisotopic (exact) mass is 306 g/mol. The molecule has 0 aliphatic rings. The van der Waals surface area contributed by atoms with E-state index >= 15 is 0 Å². The molecule has 0 amide bonds. The van der Waals surface area contributed by atoms with Crippen molar-refractivity contribution in [2.75, 3.05) is 0 Å². The third-order valence-corrected chi connectivity index (χ3v) is 3.75. The van der Waals surface area contributed by atoms with Crippen LogP contribution < -0.4 is 0 Å². The number of nitrogens with one attached hydrogen (secondary N) is 1. The number of fused-ring (bicyclic) bond motifs is 1. The van der Waals surface area contributed by atoms with Gasteiger partial charge in [-0.05, 0) is 24.3 Å². The highest BCUT2D eigenvalue weighted by Gasteiger charge is 2.08. The standard InChI is InChI=1S/C17H11ClN4/c18-13-3-1-9-19-15(13)11-5-7-12(8-6-11)16-21-14-4-2-10-20-17(14)22-16/h1-10H,(H,20,21,22). The van der Waals surface area contributed by atoms with Crippen LogP contribution in [0, 0.1) is 0 Å². The van der Waals surface area contributed by atoms with E-state index < -0.39 is 0 Å². The Kier molecular flexibility index (Phi) is 3.09. The summed E-state index contributed by atoms with van der Waals surface area (Å²) in [6.07, 6.45) is 3.48. The molecule has 0 bridgehead atoms. The number of halogens is 1. The van der Waals surface area contributed by atoms with E-state index in [0.29, 0.717) is 5.02 Å². The van der Waals surface area contributed by atoms with Crippen LogP contribution >= 0.6 is 11.6 Å². The molecule has 5 heteroatoms. The molecule has 4 aromatic rings. The van der Waals surface area contributed by atoms with Crippen LogP contribution in [0.15, 0.2) is 60.9 Å². The van der Waals surface area contributed by atoms with Gasteiger partial charge < -0.3 is 4.98 Å². The van der Waals surface area contributed by atoms with Crippen molar-refractivity contribution in [1.82, 2.24) is 19.9 Å². The molecular formula is C17H11ClN4. The molecule has 0 spiro atoms. The molecule has 106 valence electrons. The predicted molar refractivity (Wildman–Crippen MR) is 87.6 cm³/mol. The van der Waals surface area contributed by atoms with Gasteiger partial charge in [-0.25, -0.2) is 9.97 Å². The van der Waals surface area contributed by atoms with Gasteiger partial charge in [0.05, 0.1) is 10.7 Å². The Hall–Kier alpha value is -2.72. The molecule has 1 aromatic carbocycles. The molecule has 0 saturated carbocycles. The number of benzene rings is 1. The molecule has 0 saturated heterocycles. The minimum atomic E-state index is 0.642. The van der Waals surface area contributed by atoms with E-state index in [0.717, 1.165) is 33.8 Å². The first-order valence-corrected chi connectivity index (χ1v) is 7.21. The Labute approximate surface area is 131 Å². The summed E-state index contributed by atoms with van der Waals surface area (Å²) in [5.41, 5.74) is 4.39. The van der Waals surface area contributed by atoms with Crippen LogP contribution in [0.3, 0.4) is 0 Å². The van der Waals surface area contributed by atoms with E-state index in [1.165, 1.54) is 0 Å². The first kappa shape index (κ1) is 13.0. The van der Waals surface area contributed by atoms with Crippen molar-refractivity contribution in [2.24, 2.45) is 0 Å². The molecule has 0 radical (unpaired) electrons. The zero-order valence-electron chi connectivity index (χ0n) is 11.5. The molecule has 0 atom stereocenters. The SMILES string of the molecule is Clc1cccnc1-c1ccc(-c2nc3cccnc3[nH]2)cc1. The van der Waals surface area contributed by atoms with Crippen LogP contribution in [0.1, 0.15) is 0 Å². The van der Waals surface area contributed by atoms with Gasteiger partial charge in [-0.3, -0.25) is 4.98 Å². The second-order valence-electron chi connectivity index (χ2n) is 4.87. The Morgan fingerprint density at radius 3 is 2.32 bits per heavy atom. The Morgan fingerprint density at radius 2 is 1.55 bits per heavy atom. The molecule has 0 fully saturated rings. The van der Waals surface area contributed by atoms with Gasteiger partial charge in [0.25, 0.3) is 0 Å². The van der Waals surface area contributed by atoms with Crippen molar-refractivity contribution in [3.05, 3.63) is 65.9 Å². The fraction of sp³-hybridized carbons (Fsp3) is 0. The maximum Gasteiger partial charge on any atom is 0.157 e. The Morgan fingerprint density at radius 1 is 0.818 bits per heavy atom. The van der Waals surface area contributed by atoms with Crippen LogP contribution in [0.4, 0.5) is 0 Å². The average Bonchev–Trinajstić information content (AvgIpc) is 2.99. The topological polar surface area (TPSA) is 54.5 Å². The molecule has 0 aliphatic heterocycles. The van der Waals surface area contributed by atoms with Crippen LogP contribution in [0.5, 0.6) is 0 Å². The van der Waals surface area contributed by atoms with E-state index in [2.05, 4.69) is 19.9 Å². The second kappa shape index (κ2) is 5.24. The summed E-state index contributed by atoms with van der Waals surface area (Å²) in [4.78, 5) is 16.3. The molecule has 22 heavy (non-hydrogen) atoms. The Balaban J connectivity index is 1.74. The highest BCUT2D eigenvalue weighted by atomic mass is 35.5. The summed E-state index contributed by atoms with van der Waals surface area (Å²) in [6, 6.07) is 15.4. The smallest absolute Gasteiger partial charge is 0.157 e. The Bertz CT molecular complexity index is 911. The van der Waals surface area contributed by atoms with E-state index in [-0.39, 0.29) is 0 Å². The molecule has 0 aliphatic carbocycles. The van der Waals surface area contributed by atoms with Gasteiger partial charge in [0.2, 0.25) is 0 Å². The van der Waals surface area contributed by atoms with Crippen molar-refractivity contribution in [3.8, 4) is 22.6 Å². The first-order chi connectivity index (χ1) is 10.8. The lowest BCUT2D eigenvalue weighted by atomic mass is 10.1. The maximum atomic E-state index is 6.18. The van der Waals surface area contributed by atoms with Crippen molar-refractivity contribution in [1.29, 1.82) is 0 Å². The number of hydrogen-bond acceptors (Lipinski definition) is 3. The summed E-state index contributed by atoms with van der Waals surface area (Å²) in [7, 11) is 0. The number of pyridine rings is 2. The van der Waals surface area contributed by atoms with Crippen molar-refractivity contribution in [3.63, 3.8) is 0 Å². The van der Waals surface area contributed by atoms with Gasteiger partial charge in [0.15, 0.2) is 5.65 Å². The van der Waals surface area contributed by atoms with E-state index in [9.17, 15) is 0 Å². The molecule has 0 unspecified atom stereocenters. The molecule has 4 nitrogen and oxygen atoms in total. The highest BCUT2D eigenvalue weighted by molar-refractivity contribution is 6.33. The lowest BCUT2D eigenvalue weighted by Gasteiger charge is -2.04. The van der Waals surface area contributed by atoms with E-state index in [4.69, 9.17) is 11.6 Å². The van der Waals surface area contributed by atoms with Crippen molar-refractivity contribution < 1.29 is 0 Å². The average molecular weight is 307 g/mol. The number of nitrogens with zero attached hydrogens (tertiary/aromatic N) is 3. The third kappa shape index (κ3) is 2.23. The van der Waals surface area contributed by atoms with Crippen LogP contribution in [0.2, 0.25) is 5.02 Å². The van der Waals surface area contributed by atoms with Gasteiger partial charge in [-0.1, -0.05) is 35.9 Å². The quantitative estimate of drug-likeness (QED) is 0.599. The van der Waals surface area contributed by atoms with Crippen molar-refractivity contribution in [2.45, 2.75) is 0 Å². The minimum absolute atomic E-state index is 0.642. The van der Waals surface area contributed by atoms with Crippen molar-refractivity contribution >= 4 is 22.8 Å². The van der Waals surface area contributed by atoms with Crippen LogP contribution in [-0.4, -0.2) is 19.9 Å². The van der Waals surface area contributed by atoms with Gasteiger partial charge in [-0.2, -0.15) is 0 Å². The summed E-state index contributed by atoms with van der Waals surface area (Å²) < 4.78 is 0. The minimum Gasteiger partial charge on any atom is -0.323 e. The summed E-state index contributed by atoms with van der Waals surface area (Å²) >= 11 is 6.18. The zero-order valence-corrected chi connectivity index (χ0v) is 12.2. The van der Waals surface area contributed by atoms with Gasteiger partial charge >= 0.3 is 0 Å². The summed E-state index contributed by atoms with van der Waals surface area (Å²) in [6.45, 7) is 0. The van der Waals surface area contributed by atoms with Crippen LogP contribution in [0.25, 0.3) is 33.8 Å². The molecule has 3 aromatic heterocycles. The molecule has 1 N–H and O–H groups in total. The lowest BCUT2D eigenvalue weighted by Crippen LogP contribution is -1.85.